The average molecular weight is 344 g/mol. The third-order valence-corrected chi connectivity index (χ3v) is 6.34. The zero-order valence-corrected chi connectivity index (χ0v) is 14.3. The van der Waals surface area contributed by atoms with E-state index in [2.05, 4.69) is 38.4 Å². The fourth-order valence-electron chi connectivity index (χ4n) is 1.70. The number of imidazole rings is 1. The van der Waals surface area contributed by atoms with Gasteiger partial charge in [0.25, 0.3) is 0 Å². The molecule has 0 spiro atoms. The SMILES string of the molecule is CCNCc1c(Sc2nnc(SC)s2)nc2sccn12. The predicted molar refractivity (Wildman–Crippen MR) is 86.3 cm³/mol. The van der Waals surface area contributed by atoms with Gasteiger partial charge in [0, 0.05) is 18.1 Å². The van der Waals surface area contributed by atoms with Crippen LogP contribution in [0.25, 0.3) is 4.96 Å². The van der Waals surface area contributed by atoms with Crippen LogP contribution in [0.4, 0.5) is 0 Å². The summed E-state index contributed by atoms with van der Waals surface area (Å²) in [5.41, 5.74) is 1.19. The molecule has 0 saturated carbocycles. The summed E-state index contributed by atoms with van der Waals surface area (Å²) in [6, 6.07) is 0. The van der Waals surface area contributed by atoms with Gasteiger partial charge in [0.1, 0.15) is 5.03 Å². The Kier molecular flexibility index (Phi) is 4.61. The largest absolute Gasteiger partial charge is 0.311 e. The summed E-state index contributed by atoms with van der Waals surface area (Å²) in [6.07, 6.45) is 4.08. The minimum Gasteiger partial charge on any atom is -0.311 e. The third-order valence-electron chi connectivity index (χ3n) is 2.61. The summed E-state index contributed by atoms with van der Waals surface area (Å²) in [4.78, 5) is 5.72. The van der Waals surface area contributed by atoms with E-state index < -0.39 is 0 Å². The van der Waals surface area contributed by atoms with Crippen LogP contribution in [0.1, 0.15) is 12.6 Å². The minimum absolute atomic E-state index is 0.810. The average Bonchev–Trinajstić information content (AvgIpc) is 3.13. The lowest BCUT2D eigenvalue weighted by Crippen LogP contribution is -2.13. The molecule has 20 heavy (non-hydrogen) atoms. The highest BCUT2D eigenvalue weighted by Gasteiger charge is 2.16. The molecule has 5 nitrogen and oxygen atoms in total. The molecule has 3 aromatic heterocycles. The van der Waals surface area contributed by atoms with E-state index >= 15 is 0 Å². The zero-order valence-electron chi connectivity index (χ0n) is 11.0. The molecule has 3 heterocycles. The Labute approximate surface area is 133 Å². The molecule has 0 atom stereocenters. The van der Waals surface area contributed by atoms with Crippen LogP contribution in [0.5, 0.6) is 0 Å². The molecule has 3 aromatic rings. The van der Waals surface area contributed by atoms with E-state index in [9.17, 15) is 0 Å². The van der Waals surface area contributed by atoms with Gasteiger partial charge in [-0.1, -0.05) is 30.0 Å². The number of fused-ring (bicyclic) bond motifs is 1. The highest BCUT2D eigenvalue weighted by atomic mass is 32.2. The van der Waals surface area contributed by atoms with Crippen molar-refractivity contribution in [3.8, 4) is 0 Å². The number of aromatic nitrogens is 4. The van der Waals surface area contributed by atoms with E-state index in [4.69, 9.17) is 4.98 Å². The maximum Gasteiger partial charge on any atom is 0.194 e. The van der Waals surface area contributed by atoms with Crippen molar-refractivity contribution in [3.05, 3.63) is 17.3 Å². The summed E-state index contributed by atoms with van der Waals surface area (Å²) >= 11 is 6.48. The van der Waals surface area contributed by atoms with Crippen molar-refractivity contribution < 1.29 is 0 Å². The molecule has 0 radical (unpaired) electrons. The molecule has 0 amide bonds. The number of thioether (sulfide) groups is 1. The van der Waals surface area contributed by atoms with Gasteiger partial charge >= 0.3 is 0 Å². The van der Waals surface area contributed by atoms with Gasteiger partial charge < -0.3 is 5.32 Å². The molecule has 0 aliphatic rings. The molecule has 0 bridgehead atoms. The molecule has 0 saturated heterocycles. The van der Waals surface area contributed by atoms with Gasteiger partial charge in [-0.2, -0.15) is 0 Å². The van der Waals surface area contributed by atoms with Crippen LogP contribution in [-0.4, -0.2) is 32.4 Å². The molecule has 9 heteroatoms. The van der Waals surface area contributed by atoms with Crippen molar-refractivity contribution in [2.75, 3.05) is 12.8 Å². The standard InChI is InChI=1S/C11H13N5S4/c1-3-12-6-7-8(13-9-16(7)4-5-18-9)19-11-15-14-10(17-2)20-11/h4-5,12H,3,6H2,1-2H3. The maximum atomic E-state index is 4.69. The smallest absolute Gasteiger partial charge is 0.194 e. The van der Waals surface area contributed by atoms with Crippen molar-refractivity contribution in [1.29, 1.82) is 0 Å². The van der Waals surface area contributed by atoms with E-state index in [1.54, 1.807) is 46.2 Å². The fraction of sp³-hybridized carbons (Fsp3) is 0.364. The van der Waals surface area contributed by atoms with Gasteiger partial charge in [0.2, 0.25) is 0 Å². The Morgan fingerprint density at radius 2 is 2.20 bits per heavy atom. The first-order chi connectivity index (χ1) is 9.81. The van der Waals surface area contributed by atoms with E-state index in [-0.39, 0.29) is 0 Å². The van der Waals surface area contributed by atoms with Crippen molar-refractivity contribution >= 4 is 51.2 Å². The summed E-state index contributed by atoms with van der Waals surface area (Å²) in [7, 11) is 0. The second-order valence-corrected chi connectivity index (χ2v) is 7.98. The first-order valence-electron chi connectivity index (χ1n) is 6.02. The quantitative estimate of drug-likeness (QED) is 0.694. The predicted octanol–water partition coefficient (Wildman–Crippen LogP) is 3.23. The topological polar surface area (TPSA) is 55.1 Å². The Morgan fingerprint density at radius 3 is 2.95 bits per heavy atom. The van der Waals surface area contributed by atoms with Gasteiger partial charge in [0.15, 0.2) is 13.6 Å². The summed E-state index contributed by atoms with van der Waals surface area (Å²) in [5, 5.41) is 14.8. The van der Waals surface area contributed by atoms with Crippen LogP contribution >= 0.6 is 46.2 Å². The van der Waals surface area contributed by atoms with Gasteiger partial charge in [-0.15, -0.1) is 21.5 Å². The number of nitrogens with zero attached hydrogens (tertiary/aromatic N) is 4. The summed E-state index contributed by atoms with van der Waals surface area (Å²) < 4.78 is 4.08. The summed E-state index contributed by atoms with van der Waals surface area (Å²) in [6.45, 7) is 3.86. The van der Waals surface area contributed by atoms with Gasteiger partial charge in [-0.25, -0.2) is 4.98 Å². The third kappa shape index (κ3) is 2.86. The van der Waals surface area contributed by atoms with Gasteiger partial charge in [0.05, 0.1) is 5.69 Å². The number of thiazole rings is 1. The molecule has 3 rings (SSSR count). The number of hydrogen-bond donors (Lipinski definition) is 1. The number of hydrogen-bond acceptors (Lipinski definition) is 8. The fourth-order valence-corrected chi connectivity index (χ4v) is 4.96. The lowest BCUT2D eigenvalue weighted by molar-refractivity contribution is 0.694. The first-order valence-corrected chi connectivity index (χ1v) is 9.76. The second-order valence-electron chi connectivity index (χ2n) is 3.84. The van der Waals surface area contributed by atoms with Crippen LogP contribution in [0.3, 0.4) is 0 Å². The van der Waals surface area contributed by atoms with Crippen LogP contribution in [0.2, 0.25) is 0 Å². The molecular formula is C11H13N5S4. The van der Waals surface area contributed by atoms with Crippen LogP contribution in [0, 0.1) is 0 Å². The Balaban J connectivity index is 1.90. The molecule has 0 aliphatic heterocycles. The van der Waals surface area contributed by atoms with Crippen LogP contribution in [-0.2, 0) is 6.54 Å². The second kappa shape index (κ2) is 6.44. The maximum absolute atomic E-state index is 4.69. The first kappa shape index (κ1) is 14.3. The monoisotopic (exact) mass is 343 g/mol. The molecule has 0 fully saturated rings. The molecular weight excluding hydrogens is 330 g/mol. The van der Waals surface area contributed by atoms with Crippen molar-refractivity contribution in [2.24, 2.45) is 0 Å². The summed E-state index contributed by atoms with van der Waals surface area (Å²) in [5.74, 6) is 0. The van der Waals surface area contributed by atoms with E-state index in [0.29, 0.717) is 0 Å². The molecule has 106 valence electrons. The van der Waals surface area contributed by atoms with Gasteiger partial charge in [-0.05, 0) is 24.6 Å². The highest BCUT2D eigenvalue weighted by molar-refractivity contribution is 8.03. The minimum atomic E-state index is 0.810. The van der Waals surface area contributed by atoms with Crippen molar-refractivity contribution in [2.45, 2.75) is 27.2 Å². The number of rotatable bonds is 6. The van der Waals surface area contributed by atoms with Crippen molar-refractivity contribution in [1.82, 2.24) is 24.9 Å². The van der Waals surface area contributed by atoms with E-state index in [1.807, 2.05) is 6.26 Å². The van der Waals surface area contributed by atoms with Gasteiger partial charge in [-0.3, -0.25) is 4.40 Å². The van der Waals surface area contributed by atoms with Crippen LogP contribution < -0.4 is 5.32 Å². The normalized spacial score (nSPS) is 11.5. The molecule has 0 aliphatic carbocycles. The Bertz CT molecular complexity index is 701. The number of nitrogens with one attached hydrogen (secondary N) is 1. The highest BCUT2D eigenvalue weighted by Crippen LogP contribution is 2.35. The van der Waals surface area contributed by atoms with Crippen molar-refractivity contribution in [3.63, 3.8) is 0 Å². The zero-order chi connectivity index (χ0) is 13.9. The van der Waals surface area contributed by atoms with E-state index in [1.165, 1.54) is 5.69 Å². The Hall–Kier alpha value is -0.610. The lowest BCUT2D eigenvalue weighted by Gasteiger charge is -2.02. The Morgan fingerprint density at radius 1 is 1.35 bits per heavy atom. The molecule has 0 aromatic carbocycles. The van der Waals surface area contributed by atoms with Crippen LogP contribution in [0.15, 0.2) is 25.3 Å². The lowest BCUT2D eigenvalue weighted by atomic mass is 10.4. The molecule has 0 unspecified atom stereocenters. The molecule has 1 N–H and O–H groups in total. The van der Waals surface area contributed by atoms with E-state index in [0.717, 1.165) is 31.8 Å².